The summed E-state index contributed by atoms with van der Waals surface area (Å²) in [6, 6.07) is 0. The smallest absolute Gasteiger partial charge is 0.249 e. The van der Waals surface area contributed by atoms with Gasteiger partial charge in [-0.25, -0.2) is 21.5 Å². The molecule has 104 valence electrons. The second-order valence-corrected chi connectivity index (χ2v) is 8.31. The van der Waals surface area contributed by atoms with Gasteiger partial charge in [-0.1, -0.05) is 0 Å². The maximum atomic E-state index is 12.8. The number of hydrogen-bond donors (Lipinski definition) is 0. The molecule has 7 heteroatoms. The van der Waals surface area contributed by atoms with Gasteiger partial charge in [0.05, 0.1) is 6.26 Å². The Morgan fingerprint density at radius 2 is 1.78 bits per heavy atom. The highest BCUT2D eigenvalue weighted by Gasteiger charge is 2.61. The topological polar surface area (TPSA) is 40.6 Å². The number of hydrogen-bond acceptors (Lipinski definition) is 3. The highest BCUT2D eigenvalue weighted by Crippen LogP contribution is 2.56. The van der Waals surface area contributed by atoms with Crippen molar-refractivity contribution in [3.63, 3.8) is 0 Å². The fraction of sp³-hybridized carbons (Fsp3) is 1.00. The van der Waals surface area contributed by atoms with Crippen LogP contribution in [-0.4, -0.2) is 62.5 Å². The highest BCUT2D eigenvalue weighted by molar-refractivity contribution is 7.88. The number of halogens is 2. The van der Waals surface area contributed by atoms with Gasteiger partial charge in [0.15, 0.2) is 0 Å². The first-order valence-electron chi connectivity index (χ1n) is 6.23. The molecule has 0 aromatic carbocycles. The SMILES string of the molecule is CS(=O)(=O)N1CC(CN2CC3(C2)CC(F)(F)C3)C1. The molecule has 0 radical (unpaired) electrons. The molecule has 2 aliphatic heterocycles. The predicted molar refractivity (Wildman–Crippen MR) is 63.0 cm³/mol. The summed E-state index contributed by atoms with van der Waals surface area (Å²) in [7, 11) is -3.04. The maximum Gasteiger partial charge on any atom is 0.249 e. The first-order valence-corrected chi connectivity index (χ1v) is 8.08. The summed E-state index contributed by atoms with van der Waals surface area (Å²) in [6.07, 6.45) is 1.30. The van der Waals surface area contributed by atoms with Crippen molar-refractivity contribution >= 4 is 10.0 Å². The Hall–Kier alpha value is -0.270. The van der Waals surface area contributed by atoms with Gasteiger partial charge < -0.3 is 4.90 Å². The molecular formula is C11H18F2N2O2S. The van der Waals surface area contributed by atoms with Crippen LogP contribution in [0.15, 0.2) is 0 Å². The average molecular weight is 280 g/mol. The molecule has 0 atom stereocenters. The van der Waals surface area contributed by atoms with E-state index in [2.05, 4.69) is 4.90 Å². The standard InChI is InChI=1S/C11H18F2N2O2S/c1-18(16,17)15-3-9(4-15)2-14-7-10(8-14)5-11(12,13)6-10/h9H,2-8H2,1H3. The van der Waals surface area contributed by atoms with E-state index in [4.69, 9.17) is 0 Å². The molecule has 3 aliphatic rings. The van der Waals surface area contributed by atoms with E-state index < -0.39 is 15.9 Å². The van der Waals surface area contributed by atoms with Gasteiger partial charge in [0.25, 0.3) is 0 Å². The minimum atomic E-state index is -3.04. The van der Waals surface area contributed by atoms with Gasteiger partial charge in [-0.05, 0) is 5.92 Å². The van der Waals surface area contributed by atoms with Gasteiger partial charge in [0.2, 0.25) is 15.9 Å². The molecule has 0 N–H and O–H groups in total. The molecule has 1 aliphatic carbocycles. The Morgan fingerprint density at radius 1 is 1.22 bits per heavy atom. The number of rotatable bonds is 3. The van der Waals surface area contributed by atoms with Crippen molar-refractivity contribution in [1.82, 2.24) is 9.21 Å². The van der Waals surface area contributed by atoms with Gasteiger partial charge in [-0.3, -0.25) is 0 Å². The normalized spacial score (nSPS) is 31.7. The first-order chi connectivity index (χ1) is 8.18. The van der Waals surface area contributed by atoms with Crippen LogP contribution in [0.3, 0.4) is 0 Å². The van der Waals surface area contributed by atoms with Crippen LogP contribution in [0.1, 0.15) is 12.8 Å². The molecule has 18 heavy (non-hydrogen) atoms. The van der Waals surface area contributed by atoms with Gasteiger partial charge >= 0.3 is 0 Å². The number of sulfonamides is 1. The summed E-state index contributed by atoms with van der Waals surface area (Å²) < 4.78 is 49.5. The van der Waals surface area contributed by atoms with Crippen molar-refractivity contribution in [1.29, 1.82) is 0 Å². The minimum Gasteiger partial charge on any atom is -0.302 e. The quantitative estimate of drug-likeness (QED) is 0.760. The third-order valence-corrected chi connectivity index (χ3v) is 5.53. The van der Waals surface area contributed by atoms with Gasteiger partial charge in [0, 0.05) is 51.0 Å². The van der Waals surface area contributed by atoms with Crippen molar-refractivity contribution < 1.29 is 17.2 Å². The van der Waals surface area contributed by atoms with Crippen LogP contribution in [0.4, 0.5) is 8.78 Å². The summed E-state index contributed by atoms with van der Waals surface area (Å²) in [4.78, 5) is 2.18. The van der Waals surface area contributed by atoms with Crippen LogP contribution >= 0.6 is 0 Å². The Bertz CT molecular complexity index is 444. The summed E-state index contributed by atoms with van der Waals surface area (Å²) in [5.41, 5.74) is -0.121. The third kappa shape index (κ3) is 2.16. The van der Waals surface area contributed by atoms with E-state index in [0.29, 0.717) is 19.0 Å². The summed E-state index contributed by atoms with van der Waals surface area (Å²) in [5.74, 6) is -2.06. The molecule has 0 unspecified atom stereocenters. The van der Waals surface area contributed by atoms with E-state index in [-0.39, 0.29) is 18.3 Å². The lowest BCUT2D eigenvalue weighted by Gasteiger charge is -2.59. The van der Waals surface area contributed by atoms with Gasteiger partial charge in [0.1, 0.15) is 0 Å². The van der Waals surface area contributed by atoms with E-state index >= 15 is 0 Å². The van der Waals surface area contributed by atoms with Crippen LogP contribution in [0, 0.1) is 11.3 Å². The molecule has 0 bridgehead atoms. The lowest BCUT2D eigenvalue weighted by atomic mass is 9.61. The van der Waals surface area contributed by atoms with Crippen molar-refractivity contribution in [3.05, 3.63) is 0 Å². The molecule has 0 aromatic rings. The molecule has 1 spiro atoms. The number of nitrogens with zero attached hydrogens (tertiary/aromatic N) is 2. The second-order valence-electron chi connectivity index (χ2n) is 6.33. The lowest BCUT2D eigenvalue weighted by molar-refractivity contribution is -0.215. The summed E-state index contributed by atoms with van der Waals surface area (Å²) in [6.45, 7) is 3.53. The summed E-state index contributed by atoms with van der Waals surface area (Å²) >= 11 is 0. The molecule has 1 saturated carbocycles. The number of likely N-dealkylation sites (tertiary alicyclic amines) is 1. The van der Waals surface area contributed by atoms with E-state index in [1.807, 2.05) is 0 Å². The van der Waals surface area contributed by atoms with Crippen LogP contribution in [0.2, 0.25) is 0 Å². The zero-order valence-electron chi connectivity index (χ0n) is 10.4. The van der Waals surface area contributed by atoms with Gasteiger partial charge in [-0.2, -0.15) is 0 Å². The average Bonchev–Trinajstić information content (AvgIpc) is 2.00. The lowest BCUT2D eigenvalue weighted by Crippen LogP contribution is -2.67. The molecule has 2 heterocycles. The fourth-order valence-corrected chi connectivity index (χ4v) is 4.54. The Labute approximate surface area is 106 Å². The first kappa shape index (κ1) is 12.7. The molecular weight excluding hydrogens is 262 g/mol. The third-order valence-electron chi connectivity index (χ3n) is 4.29. The largest absolute Gasteiger partial charge is 0.302 e. The number of alkyl halides is 2. The highest BCUT2D eigenvalue weighted by atomic mass is 32.2. The Balaban J connectivity index is 1.39. The van der Waals surface area contributed by atoms with E-state index in [0.717, 1.165) is 19.6 Å². The molecule has 0 aromatic heterocycles. The monoisotopic (exact) mass is 280 g/mol. The van der Waals surface area contributed by atoms with Crippen LogP contribution < -0.4 is 0 Å². The molecule has 3 rings (SSSR count). The van der Waals surface area contributed by atoms with E-state index in [9.17, 15) is 17.2 Å². The zero-order valence-corrected chi connectivity index (χ0v) is 11.2. The molecule has 0 amide bonds. The fourth-order valence-electron chi connectivity index (χ4n) is 3.57. The van der Waals surface area contributed by atoms with Crippen molar-refractivity contribution in [2.24, 2.45) is 11.3 Å². The second kappa shape index (κ2) is 3.64. The minimum absolute atomic E-state index is 0.0383. The summed E-state index contributed by atoms with van der Waals surface area (Å²) in [5, 5.41) is 0. The van der Waals surface area contributed by atoms with Crippen LogP contribution in [0.5, 0.6) is 0 Å². The Kier molecular flexibility index (Phi) is 2.58. The molecule has 2 saturated heterocycles. The van der Waals surface area contributed by atoms with Crippen LogP contribution in [-0.2, 0) is 10.0 Å². The van der Waals surface area contributed by atoms with Gasteiger partial charge in [-0.15, -0.1) is 0 Å². The maximum absolute atomic E-state index is 12.8. The molecule has 4 nitrogen and oxygen atoms in total. The van der Waals surface area contributed by atoms with Crippen LogP contribution in [0.25, 0.3) is 0 Å². The zero-order chi connectivity index (χ0) is 13.2. The predicted octanol–water partition coefficient (Wildman–Crippen LogP) is 0.609. The van der Waals surface area contributed by atoms with E-state index in [1.54, 1.807) is 0 Å². The van der Waals surface area contributed by atoms with Crippen molar-refractivity contribution in [3.8, 4) is 0 Å². The van der Waals surface area contributed by atoms with Crippen molar-refractivity contribution in [2.75, 3.05) is 39.0 Å². The van der Waals surface area contributed by atoms with Crippen molar-refractivity contribution in [2.45, 2.75) is 18.8 Å². The van der Waals surface area contributed by atoms with E-state index in [1.165, 1.54) is 10.6 Å². The Morgan fingerprint density at radius 3 is 2.22 bits per heavy atom. The molecule has 3 fully saturated rings.